The van der Waals surface area contributed by atoms with E-state index in [4.69, 9.17) is 29.1 Å². The van der Waals surface area contributed by atoms with Crippen molar-refractivity contribution in [3.05, 3.63) is 41.3 Å². The second-order valence-corrected chi connectivity index (χ2v) is 6.59. The van der Waals surface area contributed by atoms with E-state index in [2.05, 4.69) is 9.88 Å². The van der Waals surface area contributed by atoms with Crippen molar-refractivity contribution < 1.29 is 23.4 Å². The summed E-state index contributed by atoms with van der Waals surface area (Å²) in [5.41, 5.74) is 7.57. The van der Waals surface area contributed by atoms with Gasteiger partial charge in [-0.1, -0.05) is 12.1 Å². The molecule has 1 aliphatic rings. The van der Waals surface area contributed by atoms with Gasteiger partial charge in [-0.15, -0.1) is 0 Å². The van der Waals surface area contributed by atoms with Crippen molar-refractivity contribution in [1.29, 1.82) is 0 Å². The topological polar surface area (TPSA) is 92.2 Å². The maximum atomic E-state index is 5.80. The van der Waals surface area contributed by atoms with Crippen LogP contribution in [-0.2, 0) is 27.2 Å². The summed E-state index contributed by atoms with van der Waals surface area (Å²) in [6.45, 7) is 6.44. The lowest BCUT2D eigenvalue weighted by Gasteiger charge is -2.26. The molecular formula is C20H29N3O5. The van der Waals surface area contributed by atoms with Crippen LogP contribution in [0.1, 0.15) is 17.0 Å². The minimum Gasteiger partial charge on any atom is -0.491 e. The van der Waals surface area contributed by atoms with Crippen LogP contribution in [-0.4, -0.2) is 69.7 Å². The Morgan fingerprint density at radius 2 is 2.04 bits per heavy atom. The van der Waals surface area contributed by atoms with Gasteiger partial charge in [0.25, 0.3) is 6.01 Å². The molecule has 1 saturated heterocycles. The first kappa shape index (κ1) is 20.6. The molecule has 1 fully saturated rings. The average Bonchev–Trinajstić information content (AvgIpc) is 3.05. The smallest absolute Gasteiger partial charge is 0.292 e. The van der Waals surface area contributed by atoms with Crippen LogP contribution in [0.25, 0.3) is 0 Å². The summed E-state index contributed by atoms with van der Waals surface area (Å²) >= 11 is 0. The molecule has 1 aromatic heterocycles. The molecule has 0 unspecified atom stereocenters. The minimum atomic E-state index is 0.161. The fourth-order valence-corrected chi connectivity index (χ4v) is 3.01. The van der Waals surface area contributed by atoms with E-state index in [1.165, 1.54) is 0 Å². The van der Waals surface area contributed by atoms with Gasteiger partial charge in [0, 0.05) is 33.2 Å². The van der Waals surface area contributed by atoms with Crippen molar-refractivity contribution in [3.8, 4) is 5.75 Å². The third-order valence-corrected chi connectivity index (χ3v) is 4.51. The van der Waals surface area contributed by atoms with Gasteiger partial charge in [0.2, 0.25) is 0 Å². The van der Waals surface area contributed by atoms with E-state index >= 15 is 0 Å². The Hall–Kier alpha value is -2.13. The van der Waals surface area contributed by atoms with Crippen molar-refractivity contribution in [2.45, 2.75) is 13.0 Å². The Kier molecular flexibility index (Phi) is 8.10. The van der Waals surface area contributed by atoms with Gasteiger partial charge in [-0.3, -0.25) is 4.90 Å². The van der Waals surface area contributed by atoms with Crippen LogP contribution in [0.4, 0.5) is 6.01 Å². The van der Waals surface area contributed by atoms with Gasteiger partial charge in [0.15, 0.2) is 0 Å². The highest BCUT2D eigenvalue weighted by molar-refractivity contribution is 5.32. The molecule has 2 heterocycles. The van der Waals surface area contributed by atoms with Crippen molar-refractivity contribution in [1.82, 2.24) is 9.88 Å². The van der Waals surface area contributed by atoms with E-state index in [9.17, 15) is 0 Å². The van der Waals surface area contributed by atoms with E-state index in [-0.39, 0.29) is 6.01 Å². The lowest BCUT2D eigenvalue weighted by Crippen LogP contribution is -2.38. The van der Waals surface area contributed by atoms with Crippen LogP contribution in [0.2, 0.25) is 0 Å². The molecule has 154 valence electrons. The summed E-state index contributed by atoms with van der Waals surface area (Å²) in [5, 5.41) is 0. The van der Waals surface area contributed by atoms with E-state index < -0.39 is 0 Å². The van der Waals surface area contributed by atoms with E-state index in [0.29, 0.717) is 32.8 Å². The summed E-state index contributed by atoms with van der Waals surface area (Å²) in [6, 6.07) is 8.04. The number of benzene rings is 1. The highest BCUT2D eigenvalue weighted by atomic mass is 16.5. The standard InChI is InChI=1S/C20H29N3O5/c1-24-11-12-27-17-4-2-3-16(13-17)14-19-18(22-20(21)28-19)15-26-10-7-23-5-8-25-9-6-23/h2-4,13H,5-12,14-15H2,1H3,(H2,21,22). The predicted molar refractivity (Wildman–Crippen MR) is 104 cm³/mol. The van der Waals surface area contributed by atoms with Gasteiger partial charge in [-0.2, -0.15) is 4.98 Å². The number of morpholine rings is 1. The third-order valence-electron chi connectivity index (χ3n) is 4.51. The summed E-state index contributed by atoms with van der Waals surface area (Å²) in [4.78, 5) is 6.61. The molecule has 1 aromatic carbocycles. The van der Waals surface area contributed by atoms with Crippen molar-refractivity contribution in [3.63, 3.8) is 0 Å². The zero-order chi connectivity index (χ0) is 19.6. The summed E-state index contributed by atoms with van der Waals surface area (Å²) < 4.78 is 27.4. The van der Waals surface area contributed by atoms with Crippen LogP contribution in [0, 0.1) is 0 Å². The number of oxazole rings is 1. The number of hydrogen-bond acceptors (Lipinski definition) is 8. The zero-order valence-corrected chi connectivity index (χ0v) is 16.4. The van der Waals surface area contributed by atoms with Crippen molar-refractivity contribution in [2.24, 2.45) is 0 Å². The number of anilines is 1. The summed E-state index contributed by atoms with van der Waals surface area (Å²) in [5.74, 6) is 1.52. The molecule has 0 amide bonds. The van der Waals surface area contributed by atoms with Gasteiger partial charge in [-0.25, -0.2) is 0 Å². The number of nitrogens with two attached hydrogens (primary N) is 1. The van der Waals surface area contributed by atoms with Gasteiger partial charge in [0.05, 0.1) is 33.0 Å². The van der Waals surface area contributed by atoms with E-state index in [0.717, 1.165) is 55.6 Å². The highest BCUT2D eigenvalue weighted by Crippen LogP contribution is 2.21. The van der Waals surface area contributed by atoms with Gasteiger partial charge >= 0.3 is 0 Å². The molecular weight excluding hydrogens is 362 g/mol. The van der Waals surface area contributed by atoms with Crippen molar-refractivity contribution in [2.75, 3.05) is 65.5 Å². The second-order valence-electron chi connectivity index (χ2n) is 6.59. The van der Waals surface area contributed by atoms with Crippen LogP contribution >= 0.6 is 0 Å². The maximum absolute atomic E-state index is 5.80. The fourth-order valence-electron chi connectivity index (χ4n) is 3.01. The molecule has 3 rings (SSSR count). The van der Waals surface area contributed by atoms with Crippen LogP contribution in [0.15, 0.2) is 28.7 Å². The normalized spacial score (nSPS) is 15.0. The number of aromatic nitrogens is 1. The number of methoxy groups -OCH3 is 1. The minimum absolute atomic E-state index is 0.161. The number of rotatable bonds is 11. The lowest BCUT2D eigenvalue weighted by molar-refractivity contribution is 0.0176. The Morgan fingerprint density at radius 1 is 1.18 bits per heavy atom. The largest absolute Gasteiger partial charge is 0.491 e. The molecule has 0 radical (unpaired) electrons. The van der Waals surface area contributed by atoms with Gasteiger partial charge in [-0.05, 0) is 17.7 Å². The molecule has 8 heteroatoms. The lowest BCUT2D eigenvalue weighted by atomic mass is 10.1. The number of ether oxygens (including phenoxy) is 4. The number of nitrogens with zero attached hydrogens (tertiary/aromatic N) is 2. The molecule has 0 aliphatic carbocycles. The van der Waals surface area contributed by atoms with E-state index in [1.807, 2.05) is 24.3 Å². The summed E-state index contributed by atoms with van der Waals surface area (Å²) in [7, 11) is 1.65. The predicted octanol–water partition coefficient (Wildman–Crippen LogP) is 1.72. The second kappa shape index (κ2) is 11.0. The Bertz CT molecular complexity index is 716. The molecule has 2 aromatic rings. The third kappa shape index (κ3) is 6.49. The zero-order valence-electron chi connectivity index (χ0n) is 16.4. The highest BCUT2D eigenvalue weighted by Gasteiger charge is 2.14. The number of hydrogen-bond donors (Lipinski definition) is 1. The Balaban J connectivity index is 1.51. The number of nitrogen functional groups attached to an aromatic ring is 1. The summed E-state index contributed by atoms with van der Waals surface area (Å²) in [6.07, 6.45) is 0.577. The van der Waals surface area contributed by atoms with Gasteiger partial charge in [0.1, 0.15) is 23.8 Å². The molecule has 0 spiro atoms. The maximum Gasteiger partial charge on any atom is 0.292 e. The first-order chi connectivity index (χ1) is 13.7. The quantitative estimate of drug-likeness (QED) is 0.579. The Labute approximate surface area is 165 Å². The molecule has 28 heavy (non-hydrogen) atoms. The molecule has 0 atom stereocenters. The first-order valence-electron chi connectivity index (χ1n) is 9.57. The van der Waals surface area contributed by atoms with Crippen LogP contribution in [0.3, 0.4) is 0 Å². The average molecular weight is 391 g/mol. The first-order valence-corrected chi connectivity index (χ1v) is 9.57. The monoisotopic (exact) mass is 391 g/mol. The molecule has 0 saturated carbocycles. The van der Waals surface area contributed by atoms with E-state index in [1.54, 1.807) is 7.11 Å². The van der Waals surface area contributed by atoms with Crippen LogP contribution < -0.4 is 10.5 Å². The molecule has 0 bridgehead atoms. The Morgan fingerprint density at radius 3 is 2.86 bits per heavy atom. The van der Waals surface area contributed by atoms with Crippen LogP contribution in [0.5, 0.6) is 5.75 Å². The van der Waals surface area contributed by atoms with Crippen molar-refractivity contribution >= 4 is 6.01 Å². The SMILES string of the molecule is COCCOc1cccc(Cc2oc(N)nc2COCCN2CCOCC2)c1. The molecule has 1 aliphatic heterocycles. The molecule has 2 N–H and O–H groups in total. The fraction of sp³-hybridized carbons (Fsp3) is 0.550. The molecule has 8 nitrogen and oxygen atoms in total. The van der Waals surface area contributed by atoms with Gasteiger partial charge < -0.3 is 29.1 Å².